The van der Waals surface area contributed by atoms with E-state index in [1.165, 1.54) is 31.0 Å². The highest BCUT2D eigenvalue weighted by Crippen LogP contribution is 2.32. The summed E-state index contributed by atoms with van der Waals surface area (Å²) in [6.07, 6.45) is 1.44. The van der Waals surface area contributed by atoms with Crippen LogP contribution in [-0.4, -0.2) is 24.7 Å². The number of carbonyl (C=O) groups excluding carboxylic acids is 1. The smallest absolute Gasteiger partial charge is 0.258 e. The first-order chi connectivity index (χ1) is 12.8. The van der Waals surface area contributed by atoms with Crippen molar-refractivity contribution in [1.29, 1.82) is 0 Å². The fraction of sp³-hybridized carbons (Fsp3) is 0.200. The fourth-order valence-electron chi connectivity index (χ4n) is 2.84. The lowest BCUT2D eigenvalue weighted by Gasteiger charge is -2.13. The Morgan fingerprint density at radius 3 is 2.30 bits per heavy atom. The fourth-order valence-corrected chi connectivity index (χ4v) is 2.84. The number of hydrogen-bond acceptors (Lipinski definition) is 4. The van der Waals surface area contributed by atoms with Gasteiger partial charge in [-0.25, -0.2) is 4.39 Å². The topological polar surface area (TPSA) is 69.6 Å². The van der Waals surface area contributed by atoms with Crippen LogP contribution in [0.4, 0.5) is 10.1 Å². The molecule has 0 aliphatic rings. The Kier molecular flexibility index (Phi) is 4.85. The number of amides is 1. The van der Waals surface area contributed by atoms with Crippen molar-refractivity contribution in [2.24, 2.45) is 7.05 Å². The van der Waals surface area contributed by atoms with Crippen molar-refractivity contribution in [1.82, 2.24) is 4.57 Å². The van der Waals surface area contributed by atoms with E-state index in [9.17, 15) is 14.0 Å². The molecule has 0 fully saturated rings. The zero-order valence-corrected chi connectivity index (χ0v) is 15.4. The lowest BCUT2D eigenvalue weighted by atomic mass is 10.1. The van der Waals surface area contributed by atoms with E-state index >= 15 is 0 Å². The summed E-state index contributed by atoms with van der Waals surface area (Å²) >= 11 is 0. The van der Waals surface area contributed by atoms with Crippen LogP contribution >= 0.6 is 0 Å². The molecule has 7 heteroatoms. The molecule has 1 heterocycles. The van der Waals surface area contributed by atoms with Gasteiger partial charge in [-0.15, -0.1) is 0 Å². The number of carbonyl (C=O) groups is 1. The monoisotopic (exact) mass is 370 g/mol. The summed E-state index contributed by atoms with van der Waals surface area (Å²) in [7, 11) is 4.50. The molecule has 0 unspecified atom stereocenters. The van der Waals surface area contributed by atoms with Crippen molar-refractivity contribution in [2.75, 3.05) is 19.5 Å². The number of anilines is 1. The van der Waals surface area contributed by atoms with Crippen LogP contribution < -0.4 is 20.3 Å². The summed E-state index contributed by atoms with van der Waals surface area (Å²) in [5, 5.41) is 3.40. The Hall–Kier alpha value is -3.35. The predicted molar refractivity (Wildman–Crippen MR) is 101 cm³/mol. The third kappa shape index (κ3) is 3.36. The molecule has 0 saturated heterocycles. The molecular weight excluding hydrogens is 351 g/mol. The van der Waals surface area contributed by atoms with E-state index in [1.54, 1.807) is 38.2 Å². The van der Waals surface area contributed by atoms with E-state index < -0.39 is 11.7 Å². The molecule has 0 atom stereocenters. The number of benzene rings is 2. The number of fused-ring (bicyclic) bond motifs is 1. The van der Waals surface area contributed by atoms with Crippen LogP contribution in [-0.2, 0) is 7.05 Å². The van der Waals surface area contributed by atoms with Gasteiger partial charge < -0.3 is 19.4 Å². The number of hydrogen-bond donors (Lipinski definition) is 1. The SMILES string of the molecule is COc1cc2c(C(=O)Nc3ccc(C)c(F)c3)cn(C)c(=O)c2cc1OC. The van der Waals surface area contributed by atoms with E-state index in [1.807, 2.05) is 0 Å². The normalized spacial score (nSPS) is 10.7. The summed E-state index contributed by atoms with van der Waals surface area (Å²) in [6, 6.07) is 7.57. The number of methoxy groups -OCH3 is 2. The highest BCUT2D eigenvalue weighted by molar-refractivity contribution is 6.13. The summed E-state index contributed by atoms with van der Waals surface area (Å²) in [5.41, 5.74) is 0.792. The molecular formula is C20H19FN2O4. The quantitative estimate of drug-likeness (QED) is 0.765. The minimum Gasteiger partial charge on any atom is -0.493 e. The molecule has 1 amide bonds. The Morgan fingerprint density at radius 1 is 1.07 bits per heavy atom. The third-order valence-corrected chi connectivity index (χ3v) is 4.36. The molecule has 140 valence electrons. The molecule has 0 spiro atoms. The van der Waals surface area contributed by atoms with Crippen molar-refractivity contribution in [3.63, 3.8) is 0 Å². The third-order valence-electron chi connectivity index (χ3n) is 4.36. The van der Waals surface area contributed by atoms with E-state index in [-0.39, 0.29) is 11.1 Å². The largest absolute Gasteiger partial charge is 0.493 e. The summed E-state index contributed by atoms with van der Waals surface area (Å²) in [6.45, 7) is 1.64. The van der Waals surface area contributed by atoms with Gasteiger partial charge in [-0.2, -0.15) is 0 Å². The minimum atomic E-state index is -0.467. The average Bonchev–Trinajstić information content (AvgIpc) is 2.66. The molecule has 3 aromatic rings. The van der Waals surface area contributed by atoms with Crippen LogP contribution in [0.5, 0.6) is 11.5 Å². The standard InChI is InChI=1S/C20H19FN2O4/c1-11-5-6-12(7-16(11)21)22-19(24)15-10-23(2)20(25)14-9-18(27-4)17(26-3)8-13(14)15/h5-10H,1-4H3,(H,22,24). The predicted octanol–water partition coefficient (Wildman–Crippen LogP) is 3.26. The molecule has 1 aromatic heterocycles. The zero-order valence-electron chi connectivity index (χ0n) is 15.4. The highest BCUT2D eigenvalue weighted by atomic mass is 19.1. The van der Waals surface area contributed by atoms with Gasteiger partial charge in [0.05, 0.1) is 25.2 Å². The highest BCUT2D eigenvalue weighted by Gasteiger charge is 2.18. The number of aromatic nitrogens is 1. The molecule has 0 aliphatic carbocycles. The number of pyridine rings is 1. The van der Waals surface area contributed by atoms with Crippen LogP contribution in [0, 0.1) is 12.7 Å². The number of nitrogens with zero attached hydrogens (tertiary/aromatic N) is 1. The lowest BCUT2D eigenvalue weighted by Crippen LogP contribution is -2.21. The number of nitrogens with one attached hydrogen (secondary N) is 1. The van der Waals surface area contributed by atoms with Crippen LogP contribution in [0.25, 0.3) is 10.8 Å². The Labute approximate surface area is 155 Å². The van der Waals surface area contributed by atoms with Crippen molar-refractivity contribution in [3.8, 4) is 11.5 Å². The Balaban J connectivity index is 2.14. The second kappa shape index (κ2) is 7.11. The van der Waals surface area contributed by atoms with Crippen molar-refractivity contribution in [2.45, 2.75) is 6.92 Å². The molecule has 1 N–H and O–H groups in total. The zero-order chi connectivity index (χ0) is 19.7. The number of ether oxygens (including phenoxy) is 2. The van der Waals surface area contributed by atoms with Gasteiger partial charge in [0.1, 0.15) is 5.82 Å². The average molecular weight is 370 g/mol. The molecule has 2 aromatic carbocycles. The van der Waals surface area contributed by atoms with Crippen LogP contribution in [0.1, 0.15) is 15.9 Å². The van der Waals surface area contributed by atoms with Gasteiger partial charge in [-0.3, -0.25) is 9.59 Å². The van der Waals surface area contributed by atoms with Gasteiger partial charge in [-0.1, -0.05) is 6.07 Å². The Morgan fingerprint density at radius 2 is 1.70 bits per heavy atom. The van der Waals surface area contributed by atoms with Gasteiger partial charge in [-0.05, 0) is 36.8 Å². The molecule has 6 nitrogen and oxygen atoms in total. The van der Waals surface area contributed by atoms with Crippen LogP contribution in [0.2, 0.25) is 0 Å². The van der Waals surface area contributed by atoms with Crippen molar-refractivity contribution in [3.05, 3.63) is 63.8 Å². The van der Waals surface area contributed by atoms with Crippen LogP contribution in [0.3, 0.4) is 0 Å². The van der Waals surface area contributed by atoms with E-state index in [4.69, 9.17) is 9.47 Å². The molecule has 0 radical (unpaired) electrons. The first-order valence-electron chi connectivity index (χ1n) is 8.18. The van der Waals surface area contributed by atoms with Crippen molar-refractivity contribution < 1.29 is 18.7 Å². The maximum atomic E-state index is 13.8. The van der Waals surface area contributed by atoms with Gasteiger partial charge in [0.15, 0.2) is 11.5 Å². The first-order valence-corrected chi connectivity index (χ1v) is 8.18. The maximum Gasteiger partial charge on any atom is 0.258 e. The molecule has 3 rings (SSSR count). The summed E-state index contributed by atoms with van der Waals surface area (Å²) < 4.78 is 25.6. The van der Waals surface area contributed by atoms with Gasteiger partial charge in [0.2, 0.25) is 0 Å². The number of aryl methyl sites for hydroxylation is 2. The second-order valence-electron chi connectivity index (χ2n) is 6.13. The number of halogens is 1. The Bertz CT molecular complexity index is 1110. The number of rotatable bonds is 4. The van der Waals surface area contributed by atoms with Crippen LogP contribution in [0.15, 0.2) is 41.3 Å². The molecule has 0 aliphatic heterocycles. The molecule has 0 bridgehead atoms. The first kappa shape index (κ1) is 18.4. The maximum absolute atomic E-state index is 13.8. The summed E-state index contributed by atoms with van der Waals surface area (Å²) in [5.74, 6) is -0.0930. The second-order valence-corrected chi connectivity index (χ2v) is 6.13. The minimum absolute atomic E-state index is 0.258. The van der Waals surface area contributed by atoms with Crippen molar-refractivity contribution >= 4 is 22.4 Å². The molecule has 27 heavy (non-hydrogen) atoms. The van der Waals surface area contributed by atoms with E-state index in [0.29, 0.717) is 33.5 Å². The van der Waals surface area contributed by atoms with Gasteiger partial charge >= 0.3 is 0 Å². The van der Waals surface area contributed by atoms with E-state index in [0.717, 1.165) is 0 Å². The van der Waals surface area contributed by atoms with E-state index in [2.05, 4.69) is 5.32 Å². The van der Waals surface area contributed by atoms with Gasteiger partial charge in [0, 0.05) is 24.3 Å². The summed E-state index contributed by atoms with van der Waals surface area (Å²) in [4.78, 5) is 25.3. The van der Waals surface area contributed by atoms with Gasteiger partial charge in [0.25, 0.3) is 11.5 Å². The lowest BCUT2D eigenvalue weighted by molar-refractivity contribution is 0.102. The molecule has 0 saturated carbocycles.